The Balaban J connectivity index is 1.57. The van der Waals surface area contributed by atoms with E-state index in [1.165, 1.54) is 28.8 Å². The fraction of sp³-hybridized carbons (Fsp3) is 0.333. The molecule has 1 aromatic heterocycles. The lowest BCUT2D eigenvalue weighted by Crippen LogP contribution is -2.40. The van der Waals surface area contributed by atoms with Gasteiger partial charge < -0.3 is 0 Å². The molecule has 1 fully saturated rings. The molecule has 1 aliphatic rings. The highest BCUT2D eigenvalue weighted by atomic mass is 32.2. The summed E-state index contributed by atoms with van der Waals surface area (Å²) in [5.41, 5.74) is 1.90. The second kappa shape index (κ2) is 7.35. The van der Waals surface area contributed by atoms with Gasteiger partial charge in [0.2, 0.25) is 10.0 Å². The van der Waals surface area contributed by atoms with Crippen LogP contribution in [0.3, 0.4) is 0 Å². The molecule has 1 saturated heterocycles. The van der Waals surface area contributed by atoms with Crippen molar-refractivity contribution in [3.8, 4) is 0 Å². The summed E-state index contributed by atoms with van der Waals surface area (Å²) in [6.45, 7) is 4.41. The third-order valence-electron chi connectivity index (χ3n) is 5.40. The highest BCUT2D eigenvalue weighted by Gasteiger charge is 2.30. The molecule has 0 atom stereocenters. The minimum absolute atomic E-state index is 0.143. The maximum atomic E-state index is 13.4. The van der Waals surface area contributed by atoms with E-state index >= 15 is 0 Å². The van der Waals surface area contributed by atoms with E-state index < -0.39 is 15.8 Å². The topological polar surface area (TPSA) is 72.3 Å². The summed E-state index contributed by atoms with van der Waals surface area (Å²) in [6, 6.07) is 9.09. The summed E-state index contributed by atoms with van der Waals surface area (Å²) < 4.78 is 42.4. The van der Waals surface area contributed by atoms with Gasteiger partial charge in [-0.2, -0.15) is 4.31 Å². The van der Waals surface area contributed by atoms with E-state index in [0.717, 1.165) is 11.1 Å². The number of rotatable bonds is 3. The molecule has 0 spiro atoms. The van der Waals surface area contributed by atoms with Crippen molar-refractivity contribution in [1.82, 2.24) is 13.9 Å². The van der Waals surface area contributed by atoms with Gasteiger partial charge in [0.15, 0.2) is 0 Å². The molecular weight excluding hydrogens is 393 g/mol. The Morgan fingerprint density at radius 2 is 1.69 bits per heavy atom. The number of fused-ring (bicyclic) bond motifs is 1. The average Bonchev–Trinajstić information content (AvgIpc) is 2.67. The van der Waals surface area contributed by atoms with Crippen LogP contribution in [0.2, 0.25) is 0 Å². The maximum absolute atomic E-state index is 13.4. The van der Waals surface area contributed by atoms with E-state index in [0.29, 0.717) is 41.7 Å². The summed E-state index contributed by atoms with van der Waals surface area (Å²) in [5.74, 6) is -0.438. The largest absolute Gasteiger partial charge is 0.296 e. The van der Waals surface area contributed by atoms with Gasteiger partial charge in [-0.15, -0.1) is 0 Å². The molecule has 0 bridgehead atoms. The van der Waals surface area contributed by atoms with Crippen LogP contribution in [0.5, 0.6) is 0 Å². The molecule has 0 saturated carbocycles. The van der Waals surface area contributed by atoms with Gasteiger partial charge in [-0.05, 0) is 62.1 Å². The predicted molar refractivity (Wildman–Crippen MR) is 109 cm³/mol. The first-order valence-electron chi connectivity index (χ1n) is 9.50. The summed E-state index contributed by atoms with van der Waals surface area (Å²) in [4.78, 5) is 17.3. The molecule has 2 aromatic carbocycles. The molecule has 29 heavy (non-hydrogen) atoms. The van der Waals surface area contributed by atoms with E-state index in [4.69, 9.17) is 0 Å². The fourth-order valence-electron chi connectivity index (χ4n) is 3.96. The molecule has 0 amide bonds. The minimum atomic E-state index is -3.57. The highest BCUT2D eigenvalue weighted by Crippen LogP contribution is 2.27. The van der Waals surface area contributed by atoms with Crippen molar-refractivity contribution in [2.45, 2.75) is 37.6 Å². The predicted octanol–water partition coefficient (Wildman–Crippen LogP) is 3.18. The molecule has 0 radical (unpaired) electrons. The van der Waals surface area contributed by atoms with Crippen LogP contribution < -0.4 is 5.56 Å². The van der Waals surface area contributed by atoms with Crippen LogP contribution in [0, 0.1) is 19.7 Å². The van der Waals surface area contributed by atoms with Gasteiger partial charge in [0.1, 0.15) is 5.82 Å². The third-order valence-corrected chi connectivity index (χ3v) is 7.27. The van der Waals surface area contributed by atoms with Gasteiger partial charge in [0.25, 0.3) is 5.56 Å². The zero-order chi connectivity index (χ0) is 20.8. The van der Waals surface area contributed by atoms with Crippen molar-refractivity contribution < 1.29 is 12.8 Å². The minimum Gasteiger partial charge on any atom is -0.296 e. The first-order chi connectivity index (χ1) is 13.8. The molecule has 0 N–H and O–H groups in total. The lowest BCUT2D eigenvalue weighted by molar-refractivity contribution is 0.269. The van der Waals surface area contributed by atoms with Crippen LogP contribution in [-0.2, 0) is 10.0 Å². The second-order valence-electron chi connectivity index (χ2n) is 7.58. The number of benzene rings is 2. The van der Waals surface area contributed by atoms with E-state index in [9.17, 15) is 17.6 Å². The zero-order valence-electron chi connectivity index (χ0n) is 16.3. The highest BCUT2D eigenvalue weighted by molar-refractivity contribution is 7.89. The maximum Gasteiger partial charge on any atom is 0.261 e. The van der Waals surface area contributed by atoms with Gasteiger partial charge in [-0.25, -0.2) is 17.8 Å². The van der Waals surface area contributed by atoms with Gasteiger partial charge in [0.05, 0.1) is 22.1 Å². The Morgan fingerprint density at radius 3 is 2.34 bits per heavy atom. The number of halogens is 1. The number of hydrogen-bond donors (Lipinski definition) is 0. The van der Waals surface area contributed by atoms with Crippen molar-refractivity contribution in [2.24, 2.45) is 0 Å². The molecule has 2 heterocycles. The summed E-state index contributed by atoms with van der Waals surface area (Å²) in [5, 5.41) is 0.360. The number of hydrogen-bond acceptors (Lipinski definition) is 4. The quantitative estimate of drug-likeness (QED) is 0.659. The molecule has 3 aromatic rings. The zero-order valence-corrected chi connectivity index (χ0v) is 17.1. The van der Waals surface area contributed by atoms with Crippen LogP contribution >= 0.6 is 0 Å². The molecular formula is C21H22FN3O3S. The average molecular weight is 415 g/mol. The summed E-state index contributed by atoms with van der Waals surface area (Å²) >= 11 is 0. The van der Waals surface area contributed by atoms with Crippen molar-refractivity contribution in [2.75, 3.05) is 13.1 Å². The molecule has 152 valence electrons. The number of aromatic nitrogens is 2. The fourth-order valence-corrected chi connectivity index (χ4v) is 5.62. The molecule has 1 aliphatic heterocycles. The monoisotopic (exact) mass is 415 g/mol. The number of piperidine rings is 1. The summed E-state index contributed by atoms with van der Waals surface area (Å²) in [6.07, 6.45) is 2.46. The standard InChI is InChI=1S/C21H22FN3O3S/c1-14-9-15(2)11-18(10-14)29(27,28)24-7-5-17(6-8-24)25-13-23-20-12-16(22)3-4-19(20)21(25)26/h3-4,9-13,17H,5-8H2,1-2H3. The SMILES string of the molecule is Cc1cc(C)cc(S(=O)(=O)N2CCC(n3cnc4cc(F)ccc4c3=O)CC2)c1. The number of aryl methyl sites for hydroxylation is 2. The van der Waals surface area contributed by atoms with Gasteiger partial charge in [-0.1, -0.05) is 6.07 Å². The lowest BCUT2D eigenvalue weighted by Gasteiger charge is -2.32. The molecule has 4 rings (SSSR count). The Morgan fingerprint density at radius 1 is 1.03 bits per heavy atom. The van der Waals surface area contributed by atoms with Crippen LogP contribution in [0.15, 0.2) is 52.4 Å². The molecule has 0 aliphatic carbocycles. The first kappa shape index (κ1) is 19.7. The van der Waals surface area contributed by atoms with Gasteiger partial charge >= 0.3 is 0 Å². The smallest absolute Gasteiger partial charge is 0.261 e. The Labute approximate surface area is 168 Å². The molecule has 6 nitrogen and oxygen atoms in total. The molecule has 8 heteroatoms. The van der Waals surface area contributed by atoms with E-state index in [2.05, 4.69) is 4.98 Å². The first-order valence-corrected chi connectivity index (χ1v) is 10.9. The normalized spacial score (nSPS) is 16.4. The molecule has 0 unspecified atom stereocenters. The van der Waals surface area contributed by atoms with Crippen LogP contribution in [0.4, 0.5) is 4.39 Å². The van der Waals surface area contributed by atoms with Crippen LogP contribution in [-0.4, -0.2) is 35.4 Å². The van der Waals surface area contributed by atoms with Crippen LogP contribution in [0.1, 0.15) is 30.0 Å². The second-order valence-corrected chi connectivity index (χ2v) is 9.52. The number of nitrogens with zero attached hydrogens (tertiary/aromatic N) is 3. The Kier molecular flexibility index (Phi) is 5.00. The van der Waals surface area contributed by atoms with Crippen molar-refractivity contribution >= 4 is 20.9 Å². The number of sulfonamides is 1. The Hall–Kier alpha value is -2.58. The van der Waals surface area contributed by atoms with E-state index in [-0.39, 0.29) is 11.6 Å². The van der Waals surface area contributed by atoms with Gasteiger partial charge in [0, 0.05) is 25.2 Å². The Bertz CT molecular complexity index is 1230. The third kappa shape index (κ3) is 3.70. The lowest BCUT2D eigenvalue weighted by atomic mass is 10.1. The van der Waals surface area contributed by atoms with Crippen molar-refractivity contribution in [3.05, 3.63) is 70.0 Å². The van der Waals surface area contributed by atoms with E-state index in [1.54, 1.807) is 16.7 Å². The van der Waals surface area contributed by atoms with E-state index in [1.807, 2.05) is 19.9 Å². The van der Waals surface area contributed by atoms with Crippen molar-refractivity contribution in [1.29, 1.82) is 0 Å². The van der Waals surface area contributed by atoms with Crippen molar-refractivity contribution in [3.63, 3.8) is 0 Å². The summed E-state index contributed by atoms with van der Waals surface area (Å²) in [7, 11) is -3.57. The van der Waals surface area contributed by atoms with Gasteiger partial charge in [-0.3, -0.25) is 9.36 Å². The van der Waals surface area contributed by atoms with Crippen LogP contribution in [0.25, 0.3) is 10.9 Å².